The maximum atomic E-state index is 14.5. The normalized spacial score (nSPS) is 14.4. The van der Waals surface area contributed by atoms with Crippen LogP contribution in [0.5, 0.6) is 0 Å². The van der Waals surface area contributed by atoms with Crippen LogP contribution in [0.1, 0.15) is 27.8 Å². The zero-order valence-corrected chi connectivity index (χ0v) is 28.0. The predicted molar refractivity (Wildman–Crippen MR) is 191 cm³/mol. The fourth-order valence-corrected chi connectivity index (χ4v) is 6.12. The molecule has 10 heteroatoms. The van der Waals surface area contributed by atoms with Crippen molar-refractivity contribution in [3.8, 4) is 11.4 Å². The molecule has 2 aromatic heterocycles. The van der Waals surface area contributed by atoms with E-state index in [1.54, 1.807) is 17.3 Å². The third-order valence-electron chi connectivity index (χ3n) is 8.91. The van der Waals surface area contributed by atoms with Gasteiger partial charge in [-0.2, -0.15) is 13.2 Å². The third kappa shape index (κ3) is 9.55. The highest BCUT2D eigenvalue weighted by Gasteiger charge is 2.34. The number of halogens is 3. The highest BCUT2D eigenvalue weighted by molar-refractivity contribution is 5.95. The van der Waals surface area contributed by atoms with Gasteiger partial charge in [-0.15, -0.1) is 0 Å². The molecule has 3 heterocycles. The standard InChI is InChI=1S/C41H38F3N5O2/c42-41(43,44)35-18-14-31(15-19-35)17-21-39(50)49(30-34-16-20-37(46-28-34)36-13-7-8-22-45-36)38(27-32-9-3-1-4-10-32)40(51)48-25-23-47(24-26-48)29-33-11-5-2-6-12-33/h1-22,28,38H,23-27,29-30H2/t38-/m0/s1. The van der Waals surface area contributed by atoms with Crippen molar-refractivity contribution in [1.82, 2.24) is 24.7 Å². The van der Waals surface area contributed by atoms with Crippen LogP contribution in [0.15, 0.2) is 134 Å². The summed E-state index contributed by atoms with van der Waals surface area (Å²) in [5, 5.41) is 0. The first kappa shape index (κ1) is 35.2. The molecular formula is C41H38F3N5O2. The molecule has 1 aliphatic rings. The van der Waals surface area contributed by atoms with Crippen molar-refractivity contribution in [3.05, 3.63) is 162 Å². The van der Waals surface area contributed by atoms with E-state index < -0.39 is 23.7 Å². The van der Waals surface area contributed by atoms with Gasteiger partial charge in [0.05, 0.1) is 17.0 Å². The fourth-order valence-electron chi connectivity index (χ4n) is 6.12. The summed E-state index contributed by atoms with van der Waals surface area (Å²) in [4.78, 5) is 43.3. The van der Waals surface area contributed by atoms with E-state index in [0.717, 1.165) is 24.2 Å². The van der Waals surface area contributed by atoms with E-state index in [1.807, 2.05) is 83.8 Å². The van der Waals surface area contributed by atoms with Crippen molar-refractivity contribution >= 4 is 17.9 Å². The number of amides is 2. The highest BCUT2D eigenvalue weighted by Crippen LogP contribution is 2.29. The van der Waals surface area contributed by atoms with Gasteiger partial charge in [0.2, 0.25) is 11.8 Å². The van der Waals surface area contributed by atoms with Gasteiger partial charge in [-0.05, 0) is 58.7 Å². The lowest BCUT2D eigenvalue weighted by molar-refractivity contribution is -0.145. The van der Waals surface area contributed by atoms with Gasteiger partial charge in [-0.3, -0.25) is 24.5 Å². The van der Waals surface area contributed by atoms with Gasteiger partial charge in [-0.25, -0.2) is 0 Å². The number of carbonyl (C=O) groups excluding carboxylic acids is 2. The molecule has 1 aliphatic heterocycles. The Morgan fingerprint density at radius 1 is 0.725 bits per heavy atom. The number of piperazine rings is 1. The van der Waals surface area contributed by atoms with E-state index in [9.17, 15) is 22.8 Å². The summed E-state index contributed by atoms with van der Waals surface area (Å²) >= 11 is 0. The summed E-state index contributed by atoms with van der Waals surface area (Å²) in [6.07, 6.45) is 1.98. The molecule has 0 N–H and O–H groups in total. The van der Waals surface area contributed by atoms with Gasteiger partial charge in [0.1, 0.15) is 6.04 Å². The average molecular weight is 690 g/mol. The smallest absolute Gasteiger partial charge is 0.338 e. The number of hydrogen-bond acceptors (Lipinski definition) is 5. The Morgan fingerprint density at radius 2 is 1.37 bits per heavy atom. The number of alkyl halides is 3. The molecule has 6 rings (SSSR count). The van der Waals surface area contributed by atoms with E-state index >= 15 is 0 Å². The van der Waals surface area contributed by atoms with E-state index in [4.69, 9.17) is 0 Å². The Bertz CT molecular complexity index is 1900. The second-order valence-corrected chi connectivity index (χ2v) is 12.5. The molecule has 51 heavy (non-hydrogen) atoms. The van der Waals surface area contributed by atoms with Crippen molar-refractivity contribution < 1.29 is 22.8 Å². The van der Waals surface area contributed by atoms with E-state index in [1.165, 1.54) is 29.8 Å². The van der Waals surface area contributed by atoms with Crippen molar-refractivity contribution in [2.24, 2.45) is 0 Å². The fraction of sp³-hybridized carbons (Fsp3) is 0.220. The summed E-state index contributed by atoms with van der Waals surface area (Å²) in [5.41, 5.74) is 3.85. The van der Waals surface area contributed by atoms with Crippen LogP contribution in [0.4, 0.5) is 13.2 Å². The van der Waals surface area contributed by atoms with Gasteiger partial charge in [0.15, 0.2) is 0 Å². The Labute approximate surface area is 295 Å². The van der Waals surface area contributed by atoms with Gasteiger partial charge >= 0.3 is 6.18 Å². The summed E-state index contributed by atoms with van der Waals surface area (Å²) in [6.45, 7) is 3.29. The molecular weight excluding hydrogens is 651 g/mol. The lowest BCUT2D eigenvalue weighted by Crippen LogP contribution is -2.56. The largest absolute Gasteiger partial charge is 0.416 e. The molecule has 5 aromatic rings. The quantitative estimate of drug-likeness (QED) is 0.138. The van der Waals surface area contributed by atoms with Crippen LogP contribution in [0.25, 0.3) is 17.5 Å². The Balaban J connectivity index is 1.28. The molecule has 0 radical (unpaired) electrons. The molecule has 7 nitrogen and oxygen atoms in total. The Hall–Kier alpha value is -5.61. The third-order valence-corrected chi connectivity index (χ3v) is 8.91. The first-order valence-corrected chi connectivity index (χ1v) is 16.8. The van der Waals surface area contributed by atoms with Crippen molar-refractivity contribution in [2.75, 3.05) is 26.2 Å². The number of hydrogen-bond donors (Lipinski definition) is 0. The molecule has 260 valence electrons. The summed E-state index contributed by atoms with van der Waals surface area (Å²) in [5.74, 6) is -0.603. The number of aromatic nitrogens is 2. The van der Waals surface area contributed by atoms with Crippen LogP contribution >= 0.6 is 0 Å². The van der Waals surface area contributed by atoms with Crippen LogP contribution in [-0.2, 0) is 35.3 Å². The maximum absolute atomic E-state index is 14.5. The monoisotopic (exact) mass is 689 g/mol. The van der Waals surface area contributed by atoms with Crippen LogP contribution in [-0.4, -0.2) is 68.7 Å². The van der Waals surface area contributed by atoms with Crippen LogP contribution in [0.2, 0.25) is 0 Å². The number of rotatable bonds is 11. The molecule has 1 atom stereocenters. The van der Waals surface area contributed by atoms with E-state index in [0.29, 0.717) is 48.7 Å². The van der Waals surface area contributed by atoms with E-state index in [2.05, 4.69) is 27.0 Å². The SMILES string of the molecule is O=C([C@H](Cc1ccccc1)N(Cc1ccc(-c2ccccn2)nc1)C(=O)C=Cc1ccc(C(F)(F)F)cc1)N1CCN(Cc2ccccc2)CC1. The van der Waals surface area contributed by atoms with Crippen molar-refractivity contribution in [1.29, 1.82) is 0 Å². The summed E-state index contributed by atoms with van der Waals surface area (Å²) in [6, 6.07) is 32.8. The molecule has 0 saturated carbocycles. The summed E-state index contributed by atoms with van der Waals surface area (Å²) < 4.78 is 39.5. The first-order valence-electron chi connectivity index (χ1n) is 16.8. The van der Waals surface area contributed by atoms with Crippen LogP contribution < -0.4 is 0 Å². The number of benzene rings is 3. The molecule has 1 fully saturated rings. The maximum Gasteiger partial charge on any atom is 0.416 e. The topological polar surface area (TPSA) is 69.6 Å². The van der Waals surface area contributed by atoms with Crippen molar-refractivity contribution in [2.45, 2.75) is 31.7 Å². The molecule has 3 aromatic carbocycles. The Morgan fingerprint density at radius 3 is 1.98 bits per heavy atom. The number of pyridine rings is 2. The minimum Gasteiger partial charge on any atom is -0.338 e. The zero-order chi connectivity index (χ0) is 35.6. The molecule has 0 spiro atoms. The Kier molecular flexibility index (Phi) is 11.3. The van der Waals surface area contributed by atoms with Gasteiger partial charge in [0, 0.05) is 64.2 Å². The molecule has 0 unspecified atom stereocenters. The second kappa shape index (κ2) is 16.4. The van der Waals surface area contributed by atoms with Gasteiger partial charge in [0.25, 0.3) is 0 Å². The molecule has 0 aliphatic carbocycles. The molecule has 1 saturated heterocycles. The minimum absolute atomic E-state index is 0.0862. The zero-order valence-electron chi connectivity index (χ0n) is 28.0. The van der Waals surface area contributed by atoms with Gasteiger partial charge in [-0.1, -0.05) is 84.9 Å². The van der Waals surface area contributed by atoms with E-state index in [-0.39, 0.29) is 18.9 Å². The number of carbonyl (C=O) groups is 2. The summed E-state index contributed by atoms with van der Waals surface area (Å²) in [7, 11) is 0. The van der Waals surface area contributed by atoms with Crippen LogP contribution in [0.3, 0.4) is 0 Å². The molecule has 0 bridgehead atoms. The predicted octanol–water partition coefficient (Wildman–Crippen LogP) is 7.16. The average Bonchev–Trinajstić information content (AvgIpc) is 3.16. The van der Waals surface area contributed by atoms with Gasteiger partial charge < -0.3 is 9.80 Å². The van der Waals surface area contributed by atoms with Crippen LogP contribution in [0, 0.1) is 0 Å². The lowest BCUT2D eigenvalue weighted by atomic mass is 10.0. The number of nitrogens with zero attached hydrogens (tertiary/aromatic N) is 5. The molecule has 2 amide bonds. The van der Waals surface area contributed by atoms with Crippen molar-refractivity contribution in [3.63, 3.8) is 0 Å². The minimum atomic E-state index is -4.47. The second-order valence-electron chi connectivity index (χ2n) is 12.5. The highest BCUT2D eigenvalue weighted by atomic mass is 19.4. The lowest BCUT2D eigenvalue weighted by Gasteiger charge is -2.39. The first-order chi connectivity index (χ1) is 24.7.